The molecule has 1 saturated carbocycles. The Morgan fingerprint density at radius 3 is 2.15 bits per heavy atom. The zero-order valence-electron chi connectivity index (χ0n) is 27.1. The number of urea groups is 1. The van der Waals surface area contributed by atoms with Crippen LogP contribution in [0.5, 0.6) is 11.5 Å². The summed E-state index contributed by atoms with van der Waals surface area (Å²) >= 11 is 5.83. The molecule has 1 aliphatic carbocycles. The van der Waals surface area contributed by atoms with Gasteiger partial charge in [-0.15, -0.1) is 0 Å². The monoisotopic (exact) mass is 683 g/mol. The van der Waals surface area contributed by atoms with Crippen LogP contribution in [0, 0.1) is 11.8 Å². The van der Waals surface area contributed by atoms with Gasteiger partial charge in [0.1, 0.15) is 18.1 Å². The van der Waals surface area contributed by atoms with E-state index in [1.54, 1.807) is 11.8 Å². The number of halogens is 1. The minimum Gasteiger partial charge on any atom is -0.492 e. The SMILES string of the molecule is CCOC(=O)[C@H](Cc1ccc(OCCN[C@H]2[C@@H]3CN(C(=O)NS(=O)(=O)c4ccc(Cl)cc4)C[C@@H]32)cc1)Oc1ccc(C(C)(C)C)cc1. The van der Waals surface area contributed by atoms with E-state index in [1.165, 1.54) is 29.8 Å². The number of rotatable bonds is 13. The molecule has 2 N–H and O–H groups in total. The standard InChI is InChI=1S/C35H42ClN3O7S/c1-5-44-33(40)31(46-27-14-8-24(9-15-27)35(2,3)4)20-23-6-12-26(13-7-23)45-19-18-37-32-29-21-39(22-30(29)32)34(41)38-47(42,43)28-16-10-25(36)11-17-28/h6-17,29-32,37H,5,18-22H2,1-4H3,(H,38,41)/t29-,30+,31-,32+/m0/s1. The molecule has 0 bridgehead atoms. The van der Waals surface area contributed by atoms with Crippen molar-refractivity contribution < 1.29 is 32.2 Å². The second-order valence-electron chi connectivity index (χ2n) is 12.9. The highest BCUT2D eigenvalue weighted by Crippen LogP contribution is 2.45. The molecule has 252 valence electrons. The highest BCUT2D eigenvalue weighted by molar-refractivity contribution is 7.90. The van der Waals surface area contributed by atoms with E-state index in [-0.39, 0.29) is 34.8 Å². The molecule has 1 saturated heterocycles. The number of hydrogen-bond acceptors (Lipinski definition) is 8. The number of nitrogens with zero attached hydrogens (tertiary/aromatic N) is 1. The highest BCUT2D eigenvalue weighted by atomic mass is 35.5. The van der Waals surface area contributed by atoms with Gasteiger partial charge >= 0.3 is 12.0 Å². The zero-order chi connectivity index (χ0) is 33.8. The van der Waals surface area contributed by atoms with Crippen molar-refractivity contribution in [3.8, 4) is 11.5 Å². The van der Waals surface area contributed by atoms with E-state index in [2.05, 4.69) is 30.8 Å². The predicted molar refractivity (Wildman–Crippen MR) is 179 cm³/mol. The molecule has 0 radical (unpaired) electrons. The smallest absolute Gasteiger partial charge is 0.347 e. The van der Waals surface area contributed by atoms with Crippen LogP contribution >= 0.6 is 11.6 Å². The van der Waals surface area contributed by atoms with Crippen LogP contribution in [-0.4, -0.2) is 70.3 Å². The summed E-state index contributed by atoms with van der Waals surface area (Å²) in [5.74, 6) is 1.48. The maximum atomic E-state index is 12.7. The summed E-state index contributed by atoms with van der Waals surface area (Å²) in [5, 5.41) is 3.90. The number of esters is 1. The summed E-state index contributed by atoms with van der Waals surface area (Å²) in [6.45, 7) is 10.6. The van der Waals surface area contributed by atoms with Crippen molar-refractivity contribution in [2.24, 2.45) is 11.8 Å². The fourth-order valence-corrected chi connectivity index (χ4v) is 6.88. The number of ether oxygens (including phenoxy) is 3. The first-order valence-electron chi connectivity index (χ1n) is 15.8. The highest BCUT2D eigenvalue weighted by Gasteiger charge is 2.56. The minimum atomic E-state index is -3.97. The molecule has 0 spiro atoms. The van der Waals surface area contributed by atoms with Crippen LogP contribution < -0.4 is 19.5 Å². The number of nitrogens with one attached hydrogen (secondary N) is 2. The van der Waals surface area contributed by atoms with Crippen LogP contribution in [0.15, 0.2) is 77.7 Å². The van der Waals surface area contributed by atoms with Gasteiger partial charge in [0.25, 0.3) is 10.0 Å². The van der Waals surface area contributed by atoms with Gasteiger partial charge in [0.2, 0.25) is 0 Å². The summed E-state index contributed by atoms with van der Waals surface area (Å²) in [6, 6.07) is 20.7. The van der Waals surface area contributed by atoms with Crippen molar-refractivity contribution in [3.05, 3.63) is 88.9 Å². The van der Waals surface area contributed by atoms with Crippen LogP contribution in [0.4, 0.5) is 4.79 Å². The molecule has 3 aromatic carbocycles. The Bertz CT molecular complexity index is 1630. The lowest BCUT2D eigenvalue weighted by Gasteiger charge is -2.21. The van der Waals surface area contributed by atoms with E-state index in [0.29, 0.717) is 49.2 Å². The van der Waals surface area contributed by atoms with Crippen LogP contribution in [-0.2, 0) is 31.4 Å². The molecule has 2 fully saturated rings. The average molecular weight is 684 g/mol. The number of hydrogen-bond donors (Lipinski definition) is 2. The second-order valence-corrected chi connectivity index (χ2v) is 15.0. The normalized spacial score (nSPS) is 19.4. The number of likely N-dealkylation sites (tertiary alicyclic amines) is 1. The molecule has 12 heteroatoms. The van der Waals surface area contributed by atoms with Gasteiger partial charge in [-0.05, 0) is 83.8 Å². The Balaban J connectivity index is 1.03. The van der Waals surface area contributed by atoms with Gasteiger partial charge in [0, 0.05) is 37.1 Å². The summed E-state index contributed by atoms with van der Waals surface area (Å²) in [7, 11) is -3.97. The van der Waals surface area contributed by atoms with Gasteiger partial charge in [-0.25, -0.2) is 22.7 Å². The molecular weight excluding hydrogens is 642 g/mol. The van der Waals surface area contributed by atoms with Crippen molar-refractivity contribution in [2.75, 3.05) is 32.8 Å². The van der Waals surface area contributed by atoms with E-state index in [0.717, 1.165) is 5.56 Å². The number of carbonyl (C=O) groups excluding carboxylic acids is 2. The molecule has 0 unspecified atom stereocenters. The van der Waals surface area contributed by atoms with Gasteiger partial charge in [-0.1, -0.05) is 56.6 Å². The lowest BCUT2D eigenvalue weighted by molar-refractivity contribution is -0.151. The van der Waals surface area contributed by atoms with E-state index in [9.17, 15) is 18.0 Å². The predicted octanol–water partition coefficient (Wildman–Crippen LogP) is 5.19. The number of carbonyl (C=O) groups is 2. The lowest BCUT2D eigenvalue weighted by Crippen LogP contribution is -2.44. The van der Waals surface area contributed by atoms with Crippen LogP contribution in [0.2, 0.25) is 5.02 Å². The molecule has 4 atom stereocenters. The van der Waals surface area contributed by atoms with Crippen molar-refractivity contribution >= 4 is 33.6 Å². The molecule has 2 amide bonds. The Morgan fingerprint density at radius 2 is 1.55 bits per heavy atom. The van der Waals surface area contributed by atoms with Crippen molar-refractivity contribution in [1.29, 1.82) is 0 Å². The first kappa shape index (κ1) is 34.5. The molecular formula is C35H42ClN3O7S. The quantitative estimate of drug-likeness (QED) is 0.187. The maximum Gasteiger partial charge on any atom is 0.347 e. The number of piperidine rings is 1. The molecule has 3 aromatic rings. The molecule has 0 aromatic heterocycles. The Kier molecular flexibility index (Phi) is 10.7. The first-order chi connectivity index (χ1) is 22.3. The molecule has 2 aliphatic rings. The van der Waals surface area contributed by atoms with Crippen molar-refractivity contribution in [1.82, 2.24) is 14.9 Å². The molecule has 5 rings (SSSR count). The molecule has 47 heavy (non-hydrogen) atoms. The van der Waals surface area contributed by atoms with Gasteiger partial charge in [0.15, 0.2) is 6.10 Å². The van der Waals surface area contributed by atoms with E-state index in [1.807, 2.05) is 48.5 Å². The third-order valence-electron chi connectivity index (χ3n) is 8.47. The lowest BCUT2D eigenvalue weighted by atomic mass is 9.87. The zero-order valence-corrected chi connectivity index (χ0v) is 28.6. The summed E-state index contributed by atoms with van der Waals surface area (Å²) in [5.41, 5.74) is 2.12. The number of sulfonamides is 1. The van der Waals surface area contributed by atoms with E-state index < -0.39 is 28.1 Å². The molecule has 1 aliphatic heterocycles. The first-order valence-corrected chi connectivity index (χ1v) is 17.7. The molecule has 1 heterocycles. The Morgan fingerprint density at radius 1 is 0.936 bits per heavy atom. The number of benzene rings is 3. The average Bonchev–Trinajstić information content (AvgIpc) is 3.46. The summed E-state index contributed by atoms with van der Waals surface area (Å²) in [6.07, 6.45) is -0.423. The van der Waals surface area contributed by atoms with Crippen LogP contribution in [0.25, 0.3) is 0 Å². The fourth-order valence-electron chi connectivity index (χ4n) is 5.78. The maximum absolute atomic E-state index is 12.7. The van der Waals surface area contributed by atoms with E-state index in [4.69, 9.17) is 25.8 Å². The third kappa shape index (κ3) is 8.97. The number of amides is 2. The number of fused-ring (bicyclic) bond motifs is 1. The topological polar surface area (TPSA) is 123 Å². The fraction of sp³-hybridized carbons (Fsp3) is 0.429. The molecule has 10 nitrogen and oxygen atoms in total. The van der Waals surface area contributed by atoms with Gasteiger partial charge < -0.3 is 24.4 Å². The van der Waals surface area contributed by atoms with E-state index >= 15 is 0 Å². The minimum absolute atomic E-state index is 0.0125. The summed E-state index contributed by atoms with van der Waals surface area (Å²) < 4.78 is 44.5. The van der Waals surface area contributed by atoms with Gasteiger partial charge in [-0.3, -0.25) is 0 Å². The summed E-state index contributed by atoms with van der Waals surface area (Å²) in [4.78, 5) is 26.8. The van der Waals surface area contributed by atoms with Gasteiger partial charge in [0.05, 0.1) is 11.5 Å². The Hall–Kier alpha value is -3.80. The van der Waals surface area contributed by atoms with Crippen LogP contribution in [0.3, 0.4) is 0 Å². The van der Waals surface area contributed by atoms with Crippen molar-refractivity contribution in [2.45, 2.75) is 56.6 Å². The van der Waals surface area contributed by atoms with Crippen LogP contribution in [0.1, 0.15) is 38.8 Å². The van der Waals surface area contributed by atoms with Crippen molar-refractivity contribution in [3.63, 3.8) is 0 Å². The van der Waals surface area contributed by atoms with Gasteiger partial charge in [-0.2, -0.15) is 0 Å². The Labute approximate surface area is 281 Å². The third-order valence-corrected chi connectivity index (χ3v) is 10.1. The largest absolute Gasteiger partial charge is 0.492 e. The second kappa shape index (κ2) is 14.5.